The van der Waals surface area contributed by atoms with E-state index in [0.717, 1.165) is 48.0 Å². The third kappa shape index (κ3) is 5.53. The van der Waals surface area contributed by atoms with E-state index in [2.05, 4.69) is 32.7 Å². The molecular weight excluding hydrogens is 456 g/mol. The number of fused-ring (bicyclic) bond motifs is 1. The van der Waals surface area contributed by atoms with Crippen LogP contribution in [0.2, 0.25) is 0 Å². The highest BCUT2D eigenvalue weighted by atomic mass is 16.6. The number of nitrogens with zero attached hydrogens (tertiary/aromatic N) is 4. The molecule has 0 spiro atoms. The molecule has 2 aliphatic rings. The summed E-state index contributed by atoms with van der Waals surface area (Å²) in [6, 6.07) is 11.9. The Hall–Kier alpha value is -3.82. The number of ether oxygens (including phenoxy) is 1. The van der Waals surface area contributed by atoms with Gasteiger partial charge in [0.15, 0.2) is 5.82 Å². The summed E-state index contributed by atoms with van der Waals surface area (Å²) in [6.07, 6.45) is 1.16. The number of amides is 1. The second-order valence-corrected chi connectivity index (χ2v) is 10.6. The summed E-state index contributed by atoms with van der Waals surface area (Å²) < 4.78 is 5.41. The summed E-state index contributed by atoms with van der Waals surface area (Å²) in [5.74, 6) is 2.82. The van der Waals surface area contributed by atoms with Crippen molar-refractivity contribution in [2.75, 3.05) is 29.0 Å². The van der Waals surface area contributed by atoms with Gasteiger partial charge in [0.05, 0.1) is 5.69 Å². The van der Waals surface area contributed by atoms with Crippen molar-refractivity contribution in [1.82, 2.24) is 25.5 Å². The maximum atomic E-state index is 12.2. The summed E-state index contributed by atoms with van der Waals surface area (Å²) in [5, 5.41) is 13.7. The van der Waals surface area contributed by atoms with E-state index in [1.54, 1.807) is 0 Å². The van der Waals surface area contributed by atoms with Crippen molar-refractivity contribution in [1.29, 1.82) is 0 Å². The van der Waals surface area contributed by atoms with Crippen molar-refractivity contribution in [3.63, 3.8) is 0 Å². The molecule has 5 N–H and O–H groups in total. The summed E-state index contributed by atoms with van der Waals surface area (Å²) in [5.41, 5.74) is 9.24. The van der Waals surface area contributed by atoms with E-state index in [4.69, 9.17) is 20.4 Å². The molecule has 0 bridgehead atoms. The zero-order valence-corrected chi connectivity index (χ0v) is 21.2. The SMILES string of the molecule is CCc1cc(Nc2cc(Cc3cccc(N)c3)nc(N3C[C@@H]4C(NC(=O)OC(C)(C)C)[C@@H]4C3)n2)n[nH]1. The Morgan fingerprint density at radius 2 is 1.94 bits per heavy atom. The number of aromatic nitrogens is 4. The van der Waals surface area contributed by atoms with Crippen LogP contribution in [0.15, 0.2) is 36.4 Å². The number of anilines is 4. The molecule has 0 radical (unpaired) electrons. The lowest BCUT2D eigenvalue weighted by Crippen LogP contribution is -2.38. The van der Waals surface area contributed by atoms with Gasteiger partial charge in [-0.3, -0.25) is 5.10 Å². The van der Waals surface area contributed by atoms with Crippen molar-refractivity contribution in [2.24, 2.45) is 11.8 Å². The molecule has 10 nitrogen and oxygen atoms in total. The lowest BCUT2D eigenvalue weighted by atomic mass is 10.1. The number of nitrogens with one attached hydrogen (secondary N) is 3. The number of hydrogen-bond donors (Lipinski definition) is 4. The topological polar surface area (TPSA) is 134 Å². The lowest BCUT2D eigenvalue weighted by Gasteiger charge is -2.23. The molecule has 2 aromatic heterocycles. The van der Waals surface area contributed by atoms with Crippen molar-refractivity contribution < 1.29 is 9.53 Å². The van der Waals surface area contributed by atoms with E-state index in [1.165, 1.54) is 0 Å². The van der Waals surface area contributed by atoms with Crippen LogP contribution in [-0.4, -0.2) is 51.0 Å². The number of nitrogens with two attached hydrogens (primary N) is 1. The quantitative estimate of drug-likeness (QED) is 0.369. The normalized spacial score (nSPS) is 20.7. The van der Waals surface area contributed by atoms with Gasteiger partial charge in [-0.05, 0) is 44.9 Å². The minimum absolute atomic E-state index is 0.140. The number of carbonyl (C=O) groups excluding carboxylic acids is 1. The zero-order valence-electron chi connectivity index (χ0n) is 21.2. The van der Waals surface area contributed by atoms with E-state index < -0.39 is 5.60 Å². The summed E-state index contributed by atoms with van der Waals surface area (Å²) >= 11 is 0. The minimum atomic E-state index is -0.507. The van der Waals surface area contributed by atoms with Gasteiger partial charge in [-0.25, -0.2) is 9.78 Å². The Bertz CT molecular complexity index is 1240. The average molecular weight is 491 g/mol. The Kier molecular flexibility index (Phi) is 6.19. The first kappa shape index (κ1) is 23.9. The van der Waals surface area contributed by atoms with Crippen LogP contribution >= 0.6 is 0 Å². The molecule has 1 amide bonds. The smallest absolute Gasteiger partial charge is 0.407 e. The van der Waals surface area contributed by atoms with E-state index in [9.17, 15) is 4.79 Å². The number of benzene rings is 1. The van der Waals surface area contributed by atoms with Gasteiger partial charge in [-0.1, -0.05) is 19.1 Å². The van der Waals surface area contributed by atoms with Gasteiger partial charge in [0, 0.05) is 60.9 Å². The van der Waals surface area contributed by atoms with Crippen LogP contribution in [0.25, 0.3) is 0 Å². The number of alkyl carbamates (subject to hydrolysis) is 1. The molecule has 1 aromatic carbocycles. The number of piperidine rings is 1. The van der Waals surface area contributed by atoms with Crippen LogP contribution < -0.4 is 21.3 Å². The van der Waals surface area contributed by atoms with Crippen molar-refractivity contribution in [2.45, 2.75) is 52.2 Å². The molecular formula is C26H34N8O2. The second kappa shape index (κ2) is 9.33. The average Bonchev–Trinajstić information content (AvgIpc) is 3.16. The standard InChI is InChI=1S/C26H34N8O2/c1-5-17-11-22(33-32-17)29-21-12-18(10-15-7-6-8-16(27)9-15)28-24(30-21)34-13-19-20(14-34)23(19)31-25(35)36-26(2,3)4/h6-9,11-12,19-20,23H,5,10,13-14,27H2,1-4H3,(H,31,35)(H2,28,29,30,32,33)/t19-,20+,23?. The largest absolute Gasteiger partial charge is 0.444 e. The molecule has 1 saturated heterocycles. The third-order valence-electron chi connectivity index (χ3n) is 6.53. The number of H-pyrrole nitrogens is 1. The third-order valence-corrected chi connectivity index (χ3v) is 6.53. The molecule has 3 heterocycles. The number of aromatic amines is 1. The molecule has 2 fully saturated rings. The van der Waals surface area contributed by atoms with Gasteiger partial charge in [-0.2, -0.15) is 10.1 Å². The second-order valence-electron chi connectivity index (χ2n) is 10.6. The maximum absolute atomic E-state index is 12.2. The Morgan fingerprint density at radius 1 is 1.17 bits per heavy atom. The Balaban J connectivity index is 1.31. The first-order valence-electron chi connectivity index (χ1n) is 12.4. The van der Waals surface area contributed by atoms with Crippen molar-refractivity contribution >= 4 is 29.4 Å². The number of rotatable bonds is 7. The van der Waals surface area contributed by atoms with Gasteiger partial charge < -0.3 is 26.0 Å². The number of aryl methyl sites for hydroxylation is 1. The van der Waals surface area contributed by atoms with Crippen molar-refractivity contribution in [3.8, 4) is 0 Å². The molecule has 1 aliphatic heterocycles. The van der Waals surface area contributed by atoms with Gasteiger partial charge in [-0.15, -0.1) is 0 Å². The van der Waals surface area contributed by atoms with E-state index in [1.807, 2.05) is 57.2 Å². The predicted molar refractivity (Wildman–Crippen MR) is 139 cm³/mol. The van der Waals surface area contributed by atoms with Gasteiger partial charge in [0.2, 0.25) is 5.95 Å². The van der Waals surface area contributed by atoms with Crippen LogP contribution in [0.4, 0.5) is 28.1 Å². The Labute approximate surface area is 211 Å². The zero-order chi connectivity index (χ0) is 25.4. The van der Waals surface area contributed by atoms with Crippen LogP contribution in [0, 0.1) is 11.8 Å². The van der Waals surface area contributed by atoms with Crippen LogP contribution in [0.5, 0.6) is 0 Å². The van der Waals surface area contributed by atoms with Gasteiger partial charge in [0.25, 0.3) is 0 Å². The highest BCUT2D eigenvalue weighted by Crippen LogP contribution is 2.46. The summed E-state index contributed by atoms with van der Waals surface area (Å²) in [6.45, 7) is 9.26. The van der Waals surface area contributed by atoms with Crippen LogP contribution in [0.3, 0.4) is 0 Å². The summed E-state index contributed by atoms with van der Waals surface area (Å²) in [7, 11) is 0. The fourth-order valence-electron chi connectivity index (χ4n) is 4.78. The molecule has 5 rings (SSSR count). The first-order chi connectivity index (χ1) is 17.2. The number of nitrogen functional groups attached to an aromatic ring is 1. The highest BCUT2D eigenvalue weighted by molar-refractivity contribution is 5.69. The molecule has 10 heteroatoms. The van der Waals surface area contributed by atoms with Crippen LogP contribution in [-0.2, 0) is 17.6 Å². The van der Waals surface area contributed by atoms with Crippen LogP contribution in [0.1, 0.15) is 44.6 Å². The monoisotopic (exact) mass is 490 g/mol. The molecule has 190 valence electrons. The van der Waals surface area contributed by atoms with Crippen molar-refractivity contribution in [3.05, 3.63) is 53.3 Å². The van der Waals surface area contributed by atoms with Gasteiger partial charge in [0.1, 0.15) is 11.4 Å². The molecule has 36 heavy (non-hydrogen) atoms. The minimum Gasteiger partial charge on any atom is -0.444 e. The fraction of sp³-hybridized carbons (Fsp3) is 0.462. The molecule has 1 unspecified atom stereocenters. The van der Waals surface area contributed by atoms with Gasteiger partial charge >= 0.3 is 6.09 Å². The number of carbonyl (C=O) groups is 1. The van der Waals surface area contributed by atoms with E-state index in [-0.39, 0.29) is 12.1 Å². The molecule has 1 saturated carbocycles. The van der Waals surface area contributed by atoms with E-state index >= 15 is 0 Å². The number of hydrogen-bond acceptors (Lipinski definition) is 8. The molecule has 1 aliphatic carbocycles. The fourth-order valence-corrected chi connectivity index (χ4v) is 4.78. The summed E-state index contributed by atoms with van der Waals surface area (Å²) in [4.78, 5) is 24.1. The van der Waals surface area contributed by atoms with E-state index in [0.29, 0.717) is 30.0 Å². The molecule has 3 atom stereocenters. The Morgan fingerprint density at radius 3 is 2.61 bits per heavy atom. The lowest BCUT2D eigenvalue weighted by molar-refractivity contribution is 0.0518. The predicted octanol–water partition coefficient (Wildman–Crippen LogP) is 3.64. The molecule has 3 aromatic rings. The highest BCUT2D eigenvalue weighted by Gasteiger charge is 2.57. The first-order valence-corrected chi connectivity index (χ1v) is 12.4. The maximum Gasteiger partial charge on any atom is 0.407 e.